The van der Waals surface area contributed by atoms with Gasteiger partial charge in [-0.2, -0.15) is 0 Å². The molecule has 0 bridgehead atoms. The maximum Gasteiger partial charge on any atom is 0.227 e. The Morgan fingerprint density at radius 3 is 2.74 bits per heavy atom. The van der Waals surface area contributed by atoms with Crippen molar-refractivity contribution in [2.75, 3.05) is 20.2 Å². The Hall–Kier alpha value is -2.36. The number of methoxy groups -OCH3 is 1. The largest absolute Gasteiger partial charge is 0.497 e. The zero-order valence-corrected chi connectivity index (χ0v) is 13.8. The van der Waals surface area contributed by atoms with Crippen LogP contribution in [0.15, 0.2) is 42.6 Å². The number of rotatable bonds is 6. The molecule has 1 aromatic heterocycles. The van der Waals surface area contributed by atoms with Gasteiger partial charge in [-0.3, -0.25) is 4.79 Å². The Labute approximate surface area is 137 Å². The minimum absolute atomic E-state index is 0.154. The molecule has 2 heterocycles. The Morgan fingerprint density at radius 2 is 2.04 bits per heavy atom. The molecule has 0 aliphatic carbocycles. The summed E-state index contributed by atoms with van der Waals surface area (Å²) in [6.07, 6.45) is 4.20. The summed E-state index contributed by atoms with van der Waals surface area (Å²) in [5.41, 5.74) is 3.27. The highest BCUT2D eigenvalue weighted by Crippen LogP contribution is 2.15. The molecule has 4 heteroatoms. The lowest BCUT2D eigenvalue weighted by Gasteiger charge is -2.18. The van der Waals surface area contributed by atoms with E-state index in [0.717, 1.165) is 37.2 Å². The van der Waals surface area contributed by atoms with E-state index in [1.54, 1.807) is 7.11 Å². The van der Waals surface area contributed by atoms with E-state index in [0.29, 0.717) is 6.54 Å². The molecule has 0 atom stereocenters. The molecule has 0 saturated carbocycles. The predicted molar refractivity (Wildman–Crippen MR) is 90.8 cm³/mol. The van der Waals surface area contributed by atoms with Crippen molar-refractivity contribution in [3.05, 3.63) is 53.9 Å². The van der Waals surface area contributed by atoms with Crippen molar-refractivity contribution < 1.29 is 14.1 Å². The minimum atomic E-state index is 0.154. The van der Waals surface area contributed by atoms with E-state index in [4.69, 9.17) is 4.74 Å². The van der Waals surface area contributed by atoms with Crippen molar-refractivity contribution in [1.82, 2.24) is 4.57 Å². The Balaban J connectivity index is 1.84. The number of Topliss-reactive ketones (excluding diaryl/α,β-unsaturated/α-hetero) is 1. The van der Waals surface area contributed by atoms with Gasteiger partial charge in [0.05, 0.1) is 13.7 Å². The Kier molecular flexibility index (Phi) is 4.60. The van der Waals surface area contributed by atoms with Crippen molar-refractivity contribution in [3.8, 4) is 5.75 Å². The summed E-state index contributed by atoms with van der Waals surface area (Å²) in [5, 5.41) is 0. The Morgan fingerprint density at radius 1 is 1.26 bits per heavy atom. The van der Waals surface area contributed by atoms with Crippen molar-refractivity contribution in [2.45, 2.75) is 26.3 Å². The summed E-state index contributed by atoms with van der Waals surface area (Å²) in [6, 6.07) is 11.6. The third-order valence-electron chi connectivity index (χ3n) is 4.35. The van der Waals surface area contributed by atoms with Crippen LogP contribution in [-0.4, -0.2) is 40.8 Å². The number of hydrogen-bond acceptors (Lipinski definition) is 2. The topological polar surface area (TPSA) is 34.2 Å². The smallest absolute Gasteiger partial charge is 0.227 e. The van der Waals surface area contributed by atoms with E-state index in [1.807, 2.05) is 24.3 Å². The molecule has 1 aliphatic heterocycles. The van der Waals surface area contributed by atoms with E-state index in [2.05, 4.69) is 34.4 Å². The number of ketones is 1. The van der Waals surface area contributed by atoms with Crippen LogP contribution in [0.25, 0.3) is 0 Å². The van der Waals surface area contributed by atoms with Gasteiger partial charge in [0.25, 0.3) is 0 Å². The third kappa shape index (κ3) is 3.21. The summed E-state index contributed by atoms with van der Waals surface area (Å²) in [4.78, 5) is 12.6. The molecular formula is C19H23N2O2+. The number of fused-ring (bicyclic) bond motifs is 1. The standard InChI is InChI=1S/C19H23N2O2/c1-3-5-17-18-6-4-11-20(18)12-13-21(17)14-19(22)15-7-9-16(23-2)10-8-15/h4,6-11H,3,5,12-14H2,1-2H3/q+1. The molecule has 23 heavy (non-hydrogen) atoms. The number of nitrogens with zero attached hydrogens (tertiary/aromatic N) is 2. The number of carbonyl (C=O) groups excluding carboxylic acids is 1. The van der Waals surface area contributed by atoms with Gasteiger partial charge in [0, 0.05) is 18.2 Å². The van der Waals surface area contributed by atoms with E-state index in [-0.39, 0.29) is 5.78 Å². The lowest BCUT2D eigenvalue weighted by atomic mass is 10.1. The zero-order chi connectivity index (χ0) is 16.2. The van der Waals surface area contributed by atoms with Crippen LogP contribution in [0.2, 0.25) is 0 Å². The van der Waals surface area contributed by atoms with Gasteiger partial charge < -0.3 is 9.30 Å². The average Bonchev–Trinajstić information content (AvgIpc) is 3.06. The van der Waals surface area contributed by atoms with Gasteiger partial charge in [0.15, 0.2) is 12.3 Å². The normalized spacial score (nSPS) is 13.8. The van der Waals surface area contributed by atoms with Crippen LogP contribution in [0.4, 0.5) is 0 Å². The van der Waals surface area contributed by atoms with Crippen LogP contribution in [0.1, 0.15) is 35.8 Å². The van der Waals surface area contributed by atoms with Gasteiger partial charge in [-0.05, 0) is 42.8 Å². The van der Waals surface area contributed by atoms with Crippen LogP contribution in [0.5, 0.6) is 5.75 Å². The van der Waals surface area contributed by atoms with E-state index >= 15 is 0 Å². The fraction of sp³-hybridized carbons (Fsp3) is 0.368. The third-order valence-corrected chi connectivity index (χ3v) is 4.35. The lowest BCUT2D eigenvalue weighted by molar-refractivity contribution is -0.519. The van der Waals surface area contributed by atoms with Crippen LogP contribution in [0.3, 0.4) is 0 Å². The predicted octanol–water partition coefficient (Wildman–Crippen LogP) is 2.99. The van der Waals surface area contributed by atoms with Gasteiger partial charge in [0.2, 0.25) is 12.3 Å². The average molecular weight is 311 g/mol. The van der Waals surface area contributed by atoms with Crippen LogP contribution >= 0.6 is 0 Å². The second-order valence-electron chi connectivity index (χ2n) is 5.86. The number of carbonyl (C=O) groups is 1. The molecule has 0 spiro atoms. The van der Waals surface area contributed by atoms with Gasteiger partial charge in [-0.1, -0.05) is 6.92 Å². The first-order valence-corrected chi connectivity index (χ1v) is 8.16. The van der Waals surface area contributed by atoms with Gasteiger partial charge in [-0.25, -0.2) is 4.58 Å². The molecule has 4 nitrogen and oxygen atoms in total. The number of ether oxygens (including phenoxy) is 1. The minimum Gasteiger partial charge on any atom is -0.497 e. The molecule has 0 saturated heterocycles. The highest BCUT2D eigenvalue weighted by Gasteiger charge is 2.26. The van der Waals surface area contributed by atoms with Crippen molar-refractivity contribution in [3.63, 3.8) is 0 Å². The summed E-state index contributed by atoms with van der Waals surface area (Å²) < 4.78 is 9.67. The summed E-state index contributed by atoms with van der Waals surface area (Å²) in [7, 11) is 1.63. The summed E-state index contributed by atoms with van der Waals surface area (Å²) in [5.74, 6) is 0.928. The molecule has 0 amide bonds. The fourth-order valence-electron chi connectivity index (χ4n) is 3.14. The first-order chi connectivity index (χ1) is 11.2. The SMILES string of the molecule is CCCC1=[N+](CC(=O)c2ccc(OC)cc2)CCn2cccc21. The van der Waals surface area contributed by atoms with E-state index < -0.39 is 0 Å². The van der Waals surface area contributed by atoms with Crippen molar-refractivity contribution >= 4 is 11.5 Å². The van der Waals surface area contributed by atoms with Crippen molar-refractivity contribution in [2.24, 2.45) is 0 Å². The molecule has 1 aromatic carbocycles. The molecule has 1 aliphatic rings. The van der Waals surface area contributed by atoms with E-state index in [9.17, 15) is 4.79 Å². The molecule has 120 valence electrons. The quantitative estimate of drug-likeness (QED) is 0.607. The van der Waals surface area contributed by atoms with Gasteiger partial charge >= 0.3 is 0 Å². The van der Waals surface area contributed by atoms with Crippen molar-refractivity contribution in [1.29, 1.82) is 0 Å². The molecular weight excluding hydrogens is 288 g/mol. The molecule has 0 N–H and O–H groups in total. The zero-order valence-electron chi connectivity index (χ0n) is 13.8. The Bertz CT molecular complexity index is 726. The lowest BCUT2D eigenvalue weighted by Crippen LogP contribution is -2.36. The number of benzene rings is 1. The first-order valence-electron chi connectivity index (χ1n) is 8.16. The number of hydrogen-bond donors (Lipinski definition) is 0. The van der Waals surface area contributed by atoms with Crippen LogP contribution in [-0.2, 0) is 6.54 Å². The first kappa shape index (κ1) is 15.5. The maximum atomic E-state index is 12.6. The van der Waals surface area contributed by atoms with Gasteiger partial charge in [-0.15, -0.1) is 0 Å². The molecule has 2 aromatic rings. The number of aromatic nitrogens is 1. The van der Waals surface area contributed by atoms with Gasteiger partial charge in [0.1, 0.15) is 11.4 Å². The van der Waals surface area contributed by atoms with Crippen LogP contribution in [0, 0.1) is 0 Å². The molecule has 3 rings (SSSR count). The molecule has 0 unspecified atom stereocenters. The highest BCUT2D eigenvalue weighted by molar-refractivity contribution is 5.99. The maximum absolute atomic E-state index is 12.6. The monoisotopic (exact) mass is 311 g/mol. The fourth-order valence-corrected chi connectivity index (χ4v) is 3.14. The second-order valence-corrected chi connectivity index (χ2v) is 5.86. The van der Waals surface area contributed by atoms with Crippen LogP contribution < -0.4 is 4.74 Å². The second kappa shape index (κ2) is 6.82. The highest BCUT2D eigenvalue weighted by atomic mass is 16.5. The molecule has 0 radical (unpaired) electrons. The summed E-state index contributed by atoms with van der Waals surface area (Å²) >= 11 is 0. The van der Waals surface area contributed by atoms with E-state index in [1.165, 1.54) is 11.4 Å². The molecule has 0 fully saturated rings. The summed E-state index contributed by atoms with van der Waals surface area (Å²) in [6.45, 7) is 4.44.